The summed E-state index contributed by atoms with van der Waals surface area (Å²) in [6.07, 6.45) is 0.508. The fraction of sp³-hybridized carbons (Fsp3) is 0.696. The maximum absolute atomic E-state index is 12.2. The first kappa shape index (κ1) is 26.5. The monoisotopic (exact) mass is 401 g/mol. The molecule has 162 valence electrons. The van der Waals surface area contributed by atoms with Crippen LogP contribution in [-0.2, 0) is 17.4 Å². The van der Waals surface area contributed by atoms with Crippen molar-refractivity contribution in [3.63, 3.8) is 0 Å². The second-order valence-electron chi connectivity index (χ2n) is 7.41. The van der Waals surface area contributed by atoms with Gasteiger partial charge in [0.1, 0.15) is 0 Å². The van der Waals surface area contributed by atoms with E-state index in [0.717, 1.165) is 32.0 Å². The molecule has 2 atom stereocenters. The number of hydrogen-bond donors (Lipinski definition) is 0. The van der Waals surface area contributed by atoms with Gasteiger partial charge in [-0.05, 0) is 36.3 Å². The van der Waals surface area contributed by atoms with Crippen LogP contribution in [0.1, 0.15) is 78.4 Å². The Balaban J connectivity index is 0.000000458. The zero-order chi connectivity index (χ0) is 21.7. The number of likely N-dealkylation sites (tertiary alicyclic amines) is 1. The summed E-state index contributed by atoms with van der Waals surface area (Å²) in [5, 5.41) is 0. The number of hydrogen-bond acceptors (Lipinski definition) is 1. The molecule has 1 fully saturated rings. The number of nitrogens with zero attached hydrogens (tertiary/aromatic N) is 1. The second-order valence-corrected chi connectivity index (χ2v) is 7.41. The van der Waals surface area contributed by atoms with Gasteiger partial charge in [-0.1, -0.05) is 72.6 Å². The predicted octanol–water partition coefficient (Wildman–Crippen LogP) is 6.98. The number of amides is 1. The first-order valence-electron chi connectivity index (χ1n) is 10.6. The van der Waals surface area contributed by atoms with E-state index in [0.29, 0.717) is 29.7 Å². The molecule has 0 spiro atoms. The molecule has 1 aromatic carbocycles. The van der Waals surface area contributed by atoms with E-state index < -0.39 is 11.7 Å². The van der Waals surface area contributed by atoms with Gasteiger partial charge in [0.2, 0.25) is 5.91 Å². The van der Waals surface area contributed by atoms with Gasteiger partial charge in [-0.2, -0.15) is 13.2 Å². The Kier molecular flexibility index (Phi) is 12.9. The Bertz CT molecular complexity index is 557. The van der Waals surface area contributed by atoms with E-state index in [2.05, 4.69) is 34.6 Å². The summed E-state index contributed by atoms with van der Waals surface area (Å²) in [4.78, 5) is 13.5. The van der Waals surface area contributed by atoms with Crippen LogP contribution in [0.5, 0.6) is 0 Å². The molecule has 0 bridgehead atoms. The molecule has 0 aromatic heterocycles. The van der Waals surface area contributed by atoms with Gasteiger partial charge in [-0.25, -0.2) is 0 Å². The van der Waals surface area contributed by atoms with Crippen LogP contribution in [0.25, 0.3) is 0 Å². The average molecular weight is 402 g/mol. The van der Waals surface area contributed by atoms with E-state index in [-0.39, 0.29) is 0 Å². The lowest BCUT2D eigenvalue weighted by Crippen LogP contribution is -2.26. The first-order chi connectivity index (χ1) is 13.2. The minimum atomic E-state index is -4.22. The highest BCUT2D eigenvalue weighted by molar-refractivity contribution is 5.78. The summed E-state index contributed by atoms with van der Waals surface area (Å²) in [5.74, 6) is 1.68. The topological polar surface area (TPSA) is 20.3 Å². The normalized spacial score (nSPS) is 17.4. The van der Waals surface area contributed by atoms with Crippen LogP contribution in [0, 0.1) is 11.8 Å². The van der Waals surface area contributed by atoms with Crippen molar-refractivity contribution in [2.45, 2.75) is 79.8 Å². The Morgan fingerprint density at radius 3 is 2.11 bits per heavy atom. The summed E-state index contributed by atoms with van der Waals surface area (Å²) in [6, 6.07) is 5.64. The van der Waals surface area contributed by atoms with Crippen LogP contribution in [0.15, 0.2) is 24.3 Å². The third-order valence-corrected chi connectivity index (χ3v) is 4.89. The molecule has 1 aliphatic rings. The van der Waals surface area contributed by atoms with Crippen molar-refractivity contribution in [2.24, 2.45) is 11.8 Å². The number of rotatable bonds is 5. The third kappa shape index (κ3) is 9.11. The van der Waals surface area contributed by atoms with Crippen molar-refractivity contribution in [3.05, 3.63) is 35.4 Å². The van der Waals surface area contributed by atoms with Gasteiger partial charge in [0, 0.05) is 19.5 Å². The molecule has 1 amide bonds. The Labute approximate surface area is 169 Å². The minimum Gasteiger partial charge on any atom is -0.342 e. The van der Waals surface area contributed by atoms with Gasteiger partial charge in [-0.15, -0.1) is 0 Å². The number of aryl methyl sites for hydroxylation is 1. The largest absolute Gasteiger partial charge is 0.416 e. The van der Waals surface area contributed by atoms with Crippen molar-refractivity contribution in [3.8, 4) is 0 Å². The van der Waals surface area contributed by atoms with E-state index in [4.69, 9.17) is 0 Å². The molecular weight excluding hydrogens is 363 g/mol. The van der Waals surface area contributed by atoms with E-state index in [1.807, 2.05) is 4.90 Å². The SMILES string of the molecule is CCC.CCCN1CC(C(C)CC)CC1=O.CCc1ccccc1C(F)(F)F. The number of carbonyl (C=O) groups is 1. The summed E-state index contributed by atoms with van der Waals surface area (Å²) in [6.45, 7) is 14.5. The molecule has 2 nitrogen and oxygen atoms in total. The van der Waals surface area contributed by atoms with Crippen molar-refractivity contribution in [2.75, 3.05) is 13.1 Å². The van der Waals surface area contributed by atoms with Crippen molar-refractivity contribution in [1.82, 2.24) is 4.90 Å². The van der Waals surface area contributed by atoms with E-state index in [9.17, 15) is 18.0 Å². The average Bonchev–Trinajstić information content (AvgIpc) is 3.02. The highest BCUT2D eigenvalue weighted by atomic mass is 19.4. The van der Waals surface area contributed by atoms with Crippen molar-refractivity contribution in [1.29, 1.82) is 0 Å². The molecular formula is C23H38F3NO. The Hall–Kier alpha value is -1.52. The van der Waals surface area contributed by atoms with Gasteiger partial charge >= 0.3 is 6.18 Å². The van der Waals surface area contributed by atoms with E-state index in [1.54, 1.807) is 13.0 Å². The number of carbonyl (C=O) groups excluding carboxylic acids is 1. The van der Waals surface area contributed by atoms with Crippen molar-refractivity contribution >= 4 is 5.91 Å². The molecule has 2 unspecified atom stereocenters. The van der Waals surface area contributed by atoms with Crippen LogP contribution in [0.2, 0.25) is 0 Å². The van der Waals surface area contributed by atoms with Gasteiger partial charge in [-0.3, -0.25) is 4.79 Å². The molecule has 0 radical (unpaired) electrons. The summed E-state index contributed by atoms with van der Waals surface area (Å²) in [7, 11) is 0. The zero-order valence-electron chi connectivity index (χ0n) is 18.4. The van der Waals surface area contributed by atoms with E-state index in [1.165, 1.54) is 25.0 Å². The highest BCUT2D eigenvalue weighted by Crippen LogP contribution is 2.31. The lowest BCUT2D eigenvalue weighted by Gasteiger charge is -2.18. The molecule has 1 aliphatic heterocycles. The van der Waals surface area contributed by atoms with Crippen LogP contribution >= 0.6 is 0 Å². The van der Waals surface area contributed by atoms with Crippen LogP contribution in [0.3, 0.4) is 0 Å². The smallest absolute Gasteiger partial charge is 0.342 e. The number of alkyl halides is 3. The van der Waals surface area contributed by atoms with Gasteiger partial charge < -0.3 is 4.90 Å². The quantitative estimate of drug-likeness (QED) is 0.521. The molecule has 28 heavy (non-hydrogen) atoms. The zero-order valence-corrected chi connectivity index (χ0v) is 18.4. The molecule has 1 saturated heterocycles. The molecule has 5 heteroatoms. The Morgan fingerprint density at radius 2 is 1.68 bits per heavy atom. The van der Waals surface area contributed by atoms with Gasteiger partial charge in [0.05, 0.1) is 5.56 Å². The molecule has 1 aromatic rings. The summed E-state index contributed by atoms with van der Waals surface area (Å²) < 4.78 is 36.7. The van der Waals surface area contributed by atoms with Crippen LogP contribution in [-0.4, -0.2) is 23.9 Å². The standard InChI is InChI=1S/C11H21NO.C9H9F3.C3H8/c1-4-6-12-8-10(7-11(12)13)9(3)5-2;1-2-7-5-3-4-6-8(7)9(10,11)12;1-3-2/h9-10H,4-8H2,1-3H3;3-6H,2H2,1H3;3H2,1-2H3. The second kappa shape index (κ2) is 13.6. The first-order valence-corrected chi connectivity index (χ1v) is 10.6. The van der Waals surface area contributed by atoms with Gasteiger partial charge in [0.25, 0.3) is 0 Å². The van der Waals surface area contributed by atoms with E-state index >= 15 is 0 Å². The lowest BCUT2D eigenvalue weighted by molar-refractivity contribution is -0.138. The maximum Gasteiger partial charge on any atom is 0.416 e. The fourth-order valence-electron chi connectivity index (χ4n) is 3.11. The molecule has 0 N–H and O–H groups in total. The van der Waals surface area contributed by atoms with Crippen LogP contribution < -0.4 is 0 Å². The predicted molar refractivity (Wildman–Crippen MR) is 111 cm³/mol. The lowest BCUT2D eigenvalue weighted by atomic mass is 9.91. The number of halogens is 3. The Morgan fingerprint density at radius 1 is 1.11 bits per heavy atom. The highest BCUT2D eigenvalue weighted by Gasteiger charge is 2.32. The van der Waals surface area contributed by atoms with Crippen molar-refractivity contribution < 1.29 is 18.0 Å². The number of benzene rings is 1. The third-order valence-electron chi connectivity index (χ3n) is 4.89. The summed E-state index contributed by atoms with van der Waals surface area (Å²) >= 11 is 0. The molecule has 2 rings (SSSR count). The van der Waals surface area contributed by atoms with Crippen LogP contribution in [0.4, 0.5) is 13.2 Å². The fourth-order valence-corrected chi connectivity index (χ4v) is 3.11. The van der Waals surface area contributed by atoms with Gasteiger partial charge in [0.15, 0.2) is 0 Å². The molecule has 0 saturated carbocycles. The summed E-state index contributed by atoms with van der Waals surface area (Å²) in [5.41, 5.74) is -0.169. The maximum atomic E-state index is 12.2. The molecule has 0 aliphatic carbocycles. The molecule has 1 heterocycles. The minimum absolute atomic E-state index is 0.352.